The molecule has 0 aliphatic carbocycles. The zero-order valence-electron chi connectivity index (χ0n) is 10.6. The van der Waals surface area contributed by atoms with Gasteiger partial charge in [-0.3, -0.25) is 4.72 Å². The maximum Gasteiger partial charge on any atom is 0.262 e. The lowest BCUT2D eigenvalue weighted by atomic mass is 10.2. The largest absolute Gasteiger partial charge is 0.326 e. The molecule has 0 unspecified atom stereocenters. The lowest BCUT2D eigenvalue weighted by Crippen LogP contribution is -2.16. The lowest BCUT2D eigenvalue weighted by molar-refractivity contribution is 0.600. The van der Waals surface area contributed by atoms with Gasteiger partial charge in [0.15, 0.2) is 0 Å². The molecule has 5 heteroatoms. The van der Waals surface area contributed by atoms with Gasteiger partial charge in [-0.15, -0.1) is 0 Å². The summed E-state index contributed by atoms with van der Waals surface area (Å²) in [5.74, 6) is 0. The van der Waals surface area contributed by atoms with Crippen LogP contribution in [0, 0.1) is 6.92 Å². The van der Waals surface area contributed by atoms with Gasteiger partial charge in [-0.1, -0.05) is 35.9 Å². The third-order valence-electron chi connectivity index (χ3n) is 2.79. The molecule has 0 saturated heterocycles. The molecule has 0 fully saturated rings. The van der Waals surface area contributed by atoms with E-state index in [2.05, 4.69) is 4.72 Å². The number of hydrogen-bond donors (Lipinski definition) is 2. The molecule has 0 saturated carbocycles. The van der Waals surface area contributed by atoms with E-state index >= 15 is 0 Å². The summed E-state index contributed by atoms with van der Waals surface area (Å²) in [6.45, 7) is 2.13. The molecule has 4 nitrogen and oxygen atoms in total. The van der Waals surface area contributed by atoms with Gasteiger partial charge in [-0.2, -0.15) is 0 Å². The van der Waals surface area contributed by atoms with Gasteiger partial charge in [0.1, 0.15) is 0 Å². The van der Waals surface area contributed by atoms with Crippen LogP contribution in [0.15, 0.2) is 53.4 Å². The van der Waals surface area contributed by atoms with Gasteiger partial charge < -0.3 is 5.73 Å². The molecule has 0 bridgehead atoms. The van der Waals surface area contributed by atoms with E-state index in [1.165, 1.54) is 0 Å². The van der Waals surface area contributed by atoms with Crippen molar-refractivity contribution in [2.75, 3.05) is 4.72 Å². The van der Waals surface area contributed by atoms with E-state index in [-0.39, 0.29) is 11.4 Å². The summed E-state index contributed by atoms with van der Waals surface area (Å²) < 4.78 is 27.2. The van der Waals surface area contributed by atoms with E-state index in [0.717, 1.165) is 5.56 Å². The third kappa shape index (κ3) is 3.13. The Kier molecular flexibility index (Phi) is 3.87. The van der Waals surface area contributed by atoms with Crippen LogP contribution in [-0.2, 0) is 16.6 Å². The number of rotatable bonds is 4. The third-order valence-corrected chi connectivity index (χ3v) is 4.27. The van der Waals surface area contributed by atoms with E-state index in [1.807, 2.05) is 19.1 Å². The average Bonchev–Trinajstić information content (AvgIpc) is 2.41. The Balaban J connectivity index is 2.35. The summed E-state index contributed by atoms with van der Waals surface area (Å²) in [5, 5.41) is 0. The second-order valence-electron chi connectivity index (χ2n) is 4.28. The lowest BCUT2D eigenvalue weighted by Gasteiger charge is -2.11. The second-order valence-corrected chi connectivity index (χ2v) is 5.93. The Labute approximate surface area is 113 Å². The molecule has 0 atom stereocenters. The van der Waals surface area contributed by atoms with Crippen molar-refractivity contribution in [1.82, 2.24) is 0 Å². The van der Waals surface area contributed by atoms with Crippen LogP contribution in [0.1, 0.15) is 11.1 Å². The number of aryl methyl sites for hydroxylation is 1. The van der Waals surface area contributed by atoms with Gasteiger partial charge in [0.05, 0.1) is 4.90 Å². The van der Waals surface area contributed by atoms with Crippen molar-refractivity contribution in [3.05, 3.63) is 59.7 Å². The molecule has 100 valence electrons. The van der Waals surface area contributed by atoms with Crippen molar-refractivity contribution in [2.24, 2.45) is 5.73 Å². The van der Waals surface area contributed by atoms with Gasteiger partial charge in [-0.25, -0.2) is 8.42 Å². The Morgan fingerprint density at radius 1 is 1.05 bits per heavy atom. The van der Waals surface area contributed by atoms with Crippen LogP contribution in [0.2, 0.25) is 0 Å². The van der Waals surface area contributed by atoms with Crippen LogP contribution in [0.5, 0.6) is 0 Å². The molecule has 0 amide bonds. The van der Waals surface area contributed by atoms with E-state index in [0.29, 0.717) is 11.3 Å². The minimum absolute atomic E-state index is 0.185. The summed E-state index contributed by atoms with van der Waals surface area (Å²) in [5.41, 5.74) is 7.78. The summed E-state index contributed by atoms with van der Waals surface area (Å²) in [4.78, 5) is 0.220. The van der Waals surface area contributed by atoms with E-state index < -0.39 is 10.0 Å². The molecule has 0 spiro atoms. The molecular formula is C14H16N2O2S. The molecule has 19 heavy (non-hydrogen) atoms. The van der Waals surface area contributed by atoms with Gasteiger partial charge in [0, 0.05) is 12.2 Å². The van der Waals surface area contributed by atoms with E-state index in [1.54, 1.807) is 36.4 Å². The van der Waals surface area contributed by atoms with Crippen molar-refractivity contribution < 1.29 is 8.42 Å². The van der Waals surface area contributed by atoms with Gasteiger partial charge in [0.2, 0.25) is 0 Å². The minimum Gasteiger partial charge on any atom is -0.326 e. The summed E-state index contributed by atoms with van der Waals surface area (Å²) in [6.07, 6.45) is 0. The first-order valence-electron chi connectivity index (χ1n) is 5.90. The van der Waals surface area contributed by atoms with E-state index in [4.69, 9.17) is 5.73 Å². The Morgan fingerprint density at radius 2 is 1.68 bits per heavy atom. The maximum atomic E-state index is 12.3. The molecule has 3 N–H and O–H groups in total. The van der Waals surface area contributed by atoms with Gasteiger partial charge >= 0.3 is 0 Å². The molecule has 0 aromatic heterocycles. The number of sulfonamides is 1. The highest BCUT2D eigenvalue weighted by atomic mass is 32.2. The fourth-order valence-electron chi connectivity index (χ4n) is 1.77. The molecule has 2 aromatic carbocycles. The van der Waals surface area contributed by atoms with Crippen molar-refractivity contribution in [3.63, 3.8) is 0 Å². The van der Waals surface area contributed by atoms with Crippen LogP contribution in [0.4, 0.5) is 5.69 Å². The minimum atomic E-state index is -3.60. The predicted octanol–water partition coefficient (Wildman–Crippen LogP) is 2.25. The quantitative estimate of drug-likeness (QED) is 0.899. The highest BCUT2D eigenvalue weighted by molar-refractivity contribution is 7.92. The van der Waals surface area contributed by atoms with Crippen LogP contribution >= 0.6 is 0 Å². The monoisotopic (exact) mass is 276 g/mol. The van der Waals surface area contributed by atoms with Crippen molar-refractivity contribution in [2.45, 2.75) is 18.4 Å². The second kappa shape index (κ2) is 5.42. The Morgan fingerprint density at radius 3 is 2.32 bits per heavy atom. The normalized spacial score (nSPS) is 11.3. The smallest absolute Gasteiger partial charge is 0.262 e. The summed E-state index contributed by atoms with van der Waals surface area (Å²) in [7, 11) is -3.60. The Hall–Kier alpha value is -1.85. The maximum absolute atomic E-state index is 12.3. The van der Waals surface area contributed by atoms with Crippen molar-refractivity contribution >= 4 is 15.7 Å². The summed E-state index contributed by atoms with van der Waals surface area (Å²) >= 11 is 0. The van der Waals surface area contributed by atoms with E-state index in [9.17, 15) is 8.42 Å². The van der Waals surface area contributed by atoms with Crippen molar-refractivity contribution in [3.8, 4) is 0 Å². The molecule has 0 aliphatic heterocycles. The number of nitrogens with two attached hydrogens (primary N) is 1. The number of anilines is 1. The molecule has 2 aromatic rings. The molecular weight excluding hydrogens is 260 g/mol. The fourth-order valence-corrected chi connectivity index (χ4v) is 3.08. The fraction of sp³-hybridized carbons (Fsp3) is 0.143. The van der Waals surface area contributed by atoms with Crippen LogP contribution < -0.4 is 10.5 Å². The van der Waals surface area contributed by atoms with Crippen molar-refractivity contribution in [1.29, 1.82) is 0 Å². The molecule has 0 aliphatic rings. The zero-order chi connectivity index (χ0) is 13.9. The highest BCUT2D eigenvalue weighted by Crippen LogP contribution is 2.19. The van der Waals surface area contributed by atoms with Crippen LogP contribution in [0.25, 0.3) is 0 Å². The zero-order valence-corrected chi connectivity index (χ0v) is 11.4. The predicted molar refractivity (Wildman–Crippen MR) is 76.3 cm³/mol. The van der Waals surface area contributed by atoms with Gasteiger partial charge in [0.25, 0.3) is 10.0 Å². The van der Waals surface area contributed by atoms with Crippen LogP contribution in [-0.4, -0.2) is 8.42 Å². The number of nitrogens with one attached hydrogen (secondary N) is 1. The average molecular weight is 276 g/mol. The first-order chi connectivity index (χ1) is 9.03. The number of benzene rings is 2. The molecule has 0 radical (unpaired) electrons. The number of hydrogen-bond acceptors (Lipinski definition) is 3. The Bertz CT molecular complexity index is 664. The first-order valence-corrected chi connectivity index (χ1v) is 7.39. The highest BCUT2D eigenvalue weighted by Gasteiger charge is 2.17. The topological polar surface area (TPSA) is 72.2 Å². The van der Waals surface area contributed by atoms with Gasteiger partial charge in [-0.05, 0) is 30.7 Å². The van der Waals surface area contributed by atoms with Crippen LogP contribution in [0.3, 0.4) is 0 Å². The summed E-state index contributed by atoms with van der Waals surface area (Å²) in [6, 6.07) is 13.9. The molecule has 0 heterocycles. The standard InChI is InChI=1S/C14H16N2O2S/c1-11-6-8-13(9-7-11)16-19(17,18)14-5-3-2-4-12(14)10-15/h2-9,16H,10,15H2,1H3. The SMILES string of the molecule is Cc1ccc(NS(=O)(=O)c2ccccc2CN)cc1. The molecule has 2 rings (SSSR count). The first kappa shape index (κ1) is 13.6.